The van der Waals surface area contributed by atoms with Gasteiger partial charge >= 0.3 is 0 Å². The van der Waals surface area contributed by atoms with E-state index in [1.54, 1.807) is 24.2 Å². The molecule has 2 aliphatic heterocycles. The van der Waals surface area contributed by atoms with Crippen LogP contribution in [0.3, 0.4) is 0 Å². The van der Waals surface area contributed by atoms with Gasteiger partial charge in [-0.25, -0.2) is 9.97 Å². The van der Waals surface area contributed by atoms with Crippen LogP contribution in [0.1, 0.15) is 42.8 Å². The highest BCUT2D eigenvalue weighted by Crippen LogP contribution is 2.37. The monoisotopic (exact) mass is 429 g/mol. The van der Waals surface area contributed by atoms with Gasteiger partial charge in [0.2, 0.25) is 5.91 Å². The number of aromatic nitrogens is 4. The molecule has 1 fully saturated rings. The summed E-state index contributed by atoms with van der Waals surface area (Å²) < 4.78 is 1.88. The average molecular weight is 430 g/mol. The van der Waals surface area contributed by atoms with Crippen molar-refractivity contribution in [3.63, 3.8) is 0 Å². The number of benzene rings is 1. The van der Waals surface area contributed by atoms with Gasteiger partial charge in [-0.1, -0.05) is 19.6 Å². The van der Waals surface area contributed by atoms with Gasteiger partial charge in [-0.3, -0.25) is 9.48 Å². The van der Waals surface area contributed by atoms with E-state index < -0.39 is 0 Å². The number of amides is 1. The van der Waals surface area contributed by atoms with Crippen molar-refractivity contribution in [2.24, 2.45) is 0 Å². The number of fused-ring (bicyclic) bond motifs is 3. The Morgan fingerprint density at radius 3 is 2.94 bits per heavy atom. The average Bonchev–Trinajstić information content (AvgIpc) is 3.46. The highest BCUT2D eigenvalue weighted by atomic mass is 16.2. The number of rotatable bonds is 5. The molecule has 0 bridgehead atoms. The molecule has 8 nitrogen and oxygen atoms in total. The van der Waals surface area contributed by atoms with Crippen LogP contribution in [-0.2, 0) is 24.2 Å². The third-order valence-electron chi connectivity index (χ3n) is 6.03. The van der Waals surface area contributed by atoms with Crippen molar-refractivity contribution >= 4 is 17.4 Å². The first kappa shape index (κ1) is 21.5. The van der Waals surface area contributed by atoms with Gasteiger partial charge in [-0.2, -0.15) is 10.4 Å². The summed E-state index contributed by atoms with van der Waals surface area (Å²) in [6, 6.07) is 9.66. The Labute approximate surface area is 188 Å². The lowest BCUT2D eigenvalue weighted by Gasteiger charge is -2.36. The molecule has 1 atom stereocenters. The number of aryl methyl sites for hydroxylation is 2. The predicted molar refractivity (Wildman–Crippen MR) is 122 cm³/mol. The first-order valence-electron chi connectivity index (χ1n) is 10.5. The lowest BCUT2D eigenvalue weighted by molar-refractivity contribution is -0.119. The first-order valence-corrected chi connectivity index (χ1v) is 10.5. The van der Waals surface area contributed by atoms with E-state index in [1.807, 2.05) is 35.3 Å². The zero-order valence-corrected chi connectivity index (χ0v) is 17.4. The molecule has 1 aromatic carbocycles. The highest BCUT2D eigenvalue weighted by molar-refractivity contribution is 6.04. The number of anilines is 2. The van der Waals surface area contributed by atoms with Crippen molar-refractivity contribution in [1.82, 2.24) is 19.7 Å². The van der Waals surface area contributed by atoms with E-state index >= 15 is 0 Å². The van der Waals surface area contributed by atoms with E-state index in [-0.39, 0.29) is 19.4 Å². The normalized spacial score (nSPS) is 16.9. The molecule has 0 saturated carbocycles. The Morgan fingerprint density at radius 2 is 2.09 bits per heavy atom. The standard InChI is InChI=1S/C23H23N7O.CH4/c1-28-20-13-25-21(27-22(20)30-9-3-6-19(30)23(28)31)8-7-18-12-26-29(15-18)14-17-5-2-4-16(10-17)11-24;/h2,4-5,10,12-13,15,19H,3,6-9,14H2,1H3;1H4/t19-;/m0./s1. The van der Waals surface area contributed by atoms with Gasteiger partial charge in [-0.15, -0.1) is 0 Å². The van der Waals surface area contributed by atoms with Gasteiger partial charge in [0.05, 0.1) is 30.6 Å². The maximum Gasteiger partial charge on any atom is 0.249 e. The Kier molecular flexibility index (Phi) is 5.91. The Hall–Kier alpha value is -3.73. The van der Waals surface area contributed by atoms with Crippen molar-refractivity contribution < 1.29 is 4.79 Å². The molecular formula is C24H27N7O. The van der Waals surface area contributed by atoms with Crippen molar-refractivity contribution in [3.05, 3.63) is 65.4 Å². The van der Waals surface area contributed by atoms with Crippen LogP contribution in [0, 0.1) is 11.3 Å². The second-order valence-electron chi connectivity index (χ2n) is 8.10. The minimum atomic E-state index is -0.0852. The SMILES string of the molecule is C.CN1C(=O)[C@@H]2CCCN2c2nc(CCc3cnn(Cc4cccc(C#N)c4)c3)ncc21. The molecule has 3 aromatic rings. The molecule has 8 heteroatoms. The molecular weight excluding hydrogens is 402 g/mol. The third kappa shape index (κ3) is 3.94. The van der Waals surface area contributed by atoms with Crippen LogP contribution in [0.4, 0.5) is 11.5 Å². The molecule has 1 amide bonds. The van der Waals surface area contributed by atoms with Crippen LogP contribution >= 0.6 is 0 Å². The first-order chi connectivity index (χ1) is 15.1. The molecule has 4 heterocycles. The van der Waals surface area contributed by atoms with Crippen LogP contribution in [0.2, 0.25) is 0 Å². The summed E-state index contributed by atoms with van der Waals surface area (Å²) >= 11 is 0. The largest absolute Gasteiger partial charge is 0.343 e. The zero-order valence-electron chi connectivity index (χ0n) is 17.4. The molecule has 5 rings (SSSR count). The fourth-order valence-corrected chi connectivity index (χ4v) is 4.39. The lowest BCUT2D eigenvalue weighted by Crippen LogP contribution is -2.49. The van der Waals surface area contributed by atoms with Crippen LogP contribution in [0.25, 0.3) is 0 Å². The van der Waals surface area contributed by atoms with E-state index in [0.717, 1.165) is 54.3 Å². The molecule has 164 valence electrons. The van der Waals surface area contributed by atoms with Crippen LogP contribution in [0.15, 0.2) is 42.9 Å². The number of hydrogen-bond donors (Lipinski definition) is 0. The fraction of sp³-hybridized carbons (Fsp3) is 0.375. The summed E-state index contributed by atoms with van der Waals surface area (Å²) in [6.07, 6.45) is 9.07. The number of carbonyl (C=O) groups excluding carboxylic acids is 1. The number of likely N-dealkylation sites (N-methyl/N-ethyl adjacent to an activating group) is 1. The number of nitriles is 1. The van der Waals surface area contributed by atoms with Crippen molar-refractivity contribution in [2.45, 2.75) is 45.7 Å². The van der Waals surface area contributed by atoms with E-state index in [0.29, 0.717) is 18.5 Å². The van der Waals surface area contributed by atoms with E-state index in [1.165, 1.54) is 0 Å². The summed E-state index contributed by atoms with van der Waals surface area (Å²) in [5.74, 6) is 1.79. The third-order valence-corrected chi connectivity index (χ3v) is 6.03. The highest BCUT2D eigenvalue weighted by Gasteiger charge is 2.40. The number of carbonyl (C=O) groups is 1. The van der Waals surface area contributed by atoms with Gasteiger partial charge in [0.25, 0.3) is 0 Å². The van der Waals surface area contributed by atoms with Crippen LogP contribution in [-0.4, -0.2) is 45.3 Å². The molecule has 2 aliphatic rings. The van der Waals surface area contributed by atoms with Crippen molar-refractivity contribution in [2.75, 3.05) is 23.4 Å². The van der Waals surface area contributed by atoms with Crippen LogP contribution < -0.4 is 9.80 Å². The Morgan fingerprint density at radius 1 is 1.22 bits per heavy atom. The molecule has 2 aromatic heterocycles. The lowest BCUT2D eigenvalue weighted by atomic mass is 10.1. The molecule has 32 heavy (non-hydrogen) atoms. The smallest absolute Gasteiger partial charge is 0.249 e. The minimum Gasteiger partial charge on any atom is -0.343 e. The molecule has 0 aliphatic carbocycles. The number of nitrogens with zero attached hydrogens (tertiary/aromatic N) is 7. The summed E-state index contributed by atoms with van der Waals surface area (Å²) in [5, 5.41) is 13.5. The van der Waals surface area contributed by atoms with E-state index in [2.05, 4.69) is 21.1 Å². The molecule has 0 N–H and O–H groups in total. The quantitative estimate of drug-likeness (QED) is 0.619. The zero-order chi connectivity index (χ0) is 21.4. The molecule has 0 radical (unpaired) electrons. The summed E-state index contributed by atoms with van der Waals surface area (Å²) in [6.45, 7) is 1.50. The van der Waals surface area contributed by atoms with Crippen molar-refractivity contribution in [3.8, 4) is 6.07 Å². The van der Waals surface area contributed by atoms with Gasteiger partial charge in [0, 0.05) is 26.2 Å². The van der Waals surface area contributed by atoms with Gasteiger partial charge in [0.15, 0.2) is 5.82 Å². The maximum atomic E-state index is 12.5. The summed E-state index contributed by atoms with van der Waals surface area (Å²) in [5.41, 5.74) is 3.61. The van der Waals surface area contributed by atoms with Crippen molar-refractivity contribution in [1.29, 1.82) is 5.26 Å². The second-order valence-corrected chi connectivity index (χ2v) is 8.10. The molecule has 0 unspecified atom stereocenters. The minimum absolute atomic E-state index is 0. The second kappa shape index (κ2) is 8.79. The van der Waals surface area contributed by atoms with Gasteiger partial charge in [-0.05, 0) is 42.5 Å². The topological polar surface area (TPSA) is 90.9 Å². The van der Waals surface area contributed by atoms with Crippen LogP contribution in [0.5, 0.6) is 0 Å². The van der Waals surface area contributed by atoms with E-state index in [9.17, 15) is 4.79 Å². The van der Waals surface area contributed by atoms with Gasteiger partial charge in [0.1, 0.15) is 17.6 Å². The summed E-state index contributed by atoms with van der Waals surface area (Å²) in [7, 11) is 1.81. The number of hydrogen-bond acceptors (Lipinski definition) is 6. The Balaban J connectivity index is 0.00000245. The summed E-state index contributed by atoms with van der Waals surface area (Å²) in [4.78, 5) is 25.7. The van der Waals surface area contributed by atoms with E-state index in [4.69, 9.17) is 10.2 Å². The molecule has 0 spiro atoms. The maximum absolute atomic E-state index is 12.5. The fourth-order valence-electron chi connectivity index (χ4n) is 4.39. The Bertz CT molecular complexity index is 1180. The van der Waals surface area contributed by atoms with Gasteiger partial charge < -0.3 is 9.80 Å². The molecule has 1 saturated heterocycles. The predicted octanol–water partition coefficient (Wildman–Crippen LogP) is 2.96.